The molecule has 0 bridgehead atoms. The van der Waals surface area contributed by atoms with Gasteiger partial charge >= 0.3 is 6.03 Å². The first kappa shape index (κ1) is 19.3. The van der Waals surface area contributed by atoms with Crippen molar-refractivity contribution in [2.24, 2.45) is 5.92 Å². The molecule has 146 valence electrons. The van der Waals surface area contributed by atoms with Crippen LogP contribution in [0.25, 0.3) is 0 Å². The van der Waals surface area contributed by atoms with Crippen molar-refractivity contribution in [3.63, 3.8) is 0 Å². The zero-order valence-corrected chi connectivity index (χ0v) is 15.6. The van der Waals surface area contributed by atoms with E-state index in [2.05, 4.69) is 10.6 Å². The number of imide groups is 1. The van der Waals surface area contributed by atoms with Crippen LogP contribution in [0.2, 0.25) is 0 Å². The molecule has 1 aromatic rings. The summed E-state index contributed by atoms with van der Waals surface area (Å²) in [7, 11) is 1.88. The highest BCUT2D eigenvalue weighted by molar-refractivity contribution is 6.09. The van der Waals surface area contributed by atoms with Crippen molar-refractivity contribution in [2.45, 2.75) is 25.3 Å². The molecular formula is C19H25FN4O3. The molecule has 3 rings (SSSR count). The lowest BCUT2D eigenvalue weighted by Gasteiger charge is -2.33. The van der Waals surface area contributed by atoms with Crippen molar-refractivity contribution in [3.05, 3.63) is 35.6 Å². The van der Waals surface area contributed by atoms with E-state index in [1.54, 1.807) is 11.8 Å². The fraction of sp³-hybridized carbons (Fsp3) is 0.526. The molecule has 7 nitrogen and oxygen atoms in total. The number of benzene rings is 1. The van der Waals surface area contributed by atoms with Crippen LogP contribution < -0.4 is 10.6 Å². The van der Waals surface area contributed by atoms with E-state index in [0.717, 1.165) is 24.3 Å². The molecule has 2 aliphatic rings. The lowest BCUT2D eigenvalue weighted by Crippen LogP contribution is -2.48. The number of halogens is 1. The minimum absolute atomic E-state index is 0.234. The SMILES string of the molecule is CNCC1CCCN(C(=O)CN2C(=O)NC(C)(c3ccc(F)cc3)C2=O)C1. The van der Waals surface area contributed by atoms with E-state index in [1.165, 1.54) is 24.3 Å². The van der Waals surface area contributed by atoms with Crippen LogP contribution in [0.3, 0.4) is 0 Å². The maximum atomic E-state index is 13.2. The van der Waals surface area contributed by atoms with Crippen LogP contribution in [0.15, 0.2) is 24.3 Å². The Morgan fingerprint density at radius 2 is 2.04 bits per heavy atom. The van der Waals surface area contributed by atoms with E-state index < -0.39 is 23.3 Å². The second kappa shape index (κ2) is 7.64. The van der Waals surface area contributed by atoms with E-state index in [4.69, 9.17) is 0 Å². The van der Waals surface area contributed by atoms with Crippen LogP contribution in [-0.2, 0) is 15.1 Å². The van der Waals surface area contributed by atoms with E-state index >= 15 is 0 Å². The first-order chi connectivity index (χ1) is 12.8. The summed E-state index contributed by atoms with van der Waals surface area (Å²) in [5, 5.41) is 5.76. The first-order valence-electron chi connectivity index (χ1n) is 9.17. The van der Waals surface area contributed by atoms with Crippen molar-refractivity contribution in [1.82, 2.24) is 20.4 Å². The van der Waals surface area contributed by atoms with Gasteiger partial charge in [-0.3, -0.25) is 14.5 Å². The average Bonchev–Trinajstić information content (AvgIpc) is 2.87. The number of hydrogen-bond donors (Lipinski definition) is 2. The number of urea groups is 1. The molecular weight excluding hydrogens is 351 g/mol. The van der Waals surface area contributed by atoms with Crippen LogP contribution >= 0.6 is 0 Å². The Morgan fingerprint density at radius 3 is 2.70 bits per heavy atom. The molecule has 0 aromatic heterocycles. The van der Waals surface area contributed by atoms with Gasteiger partial charge in [0.25, 0.3) is 5.91 Å². The molecule has 4 amide bonds. The molecule has 0 aliphatic carbocycles. The number of likely N-dealkylation sites (tertiary alicyclic amines) is 1. The minimum Gasteiger partial charge on any atom is -0.341 e. The predicted octanol–water partition coefficient (Wildman–Crippen LogP) is 1.05. The molecule has 2 heterocycles. The maximum absolute atomic E-state index is 13.2. The molecule has 2 N–H and O–H groups in total. The summed E-state index contributed by atoms with van der Waals surface area (Å²) in [5.41, 5.74) is -0.828. The second-order valence-corrected chi connectivity index (χ2v) is 7.36. The third kappa shape index (κ3) is 3.80. The van der Waals surface area contributed by atoms with E-state index in [0.29, 0.717) is 24.6 Å². The highest BCUT2D eigenvalue weighted by Crippen LogP contribution is 2.29. The molecule has 0 saturated carbocycles. The summed E-state index contributed by atoms with van der Waals surface area (Å²) >= 11 is 0. The molecule has 2 saturated heterocycles. The van der Waals surface area contributed by atoms with Gasteiger partial charge in [-0.05, 0) is 57.0 Å². The van der Waals surface area contributed by atoms with Crippen molar-refractivity contribution >= 4 is 17.8 Å². The van der Waals surface area contributed by atoms with Gasteiger partial charge in [0.2, 0.25) is 5.91 Å². The molecule has 2 unspecified atom stereocenters. The Bertz CT molecular complexity index is 737. The molecule has 2 aliphatic heterocycles. The molecule has 8 heteroatoms. The molecule has 0 radical (unpaired) electrons. The average molecular weight is 376 g/mol. The molecule has 1 aromatic carbocycles. The third-order valence-corrected chi connectivity index (χ3v) is 5.35. The Labute approximate surface area is 157 Å². The molecule has 2 fully saturated rings. The zero-order valence-electron chi connectivity index (χ0n) is 15.6. The van der Waals surface area contributed by atoms with Crippen molar-refractivity contribution in [1.29, 1.82) is 0 Å². The highest BCUT2D eigenvalue weighted by Gasteiger charge is 2.49. The lowest BCUT2D eigenvalue weighted by molar-refractivity contribution is -0.139. The van der Waals surface area contributed by atoms with Gasteiger partial charge in [-0.15, -0.1) is 0 Å². The Hall–Kier alpha value is -2.48. The summed E-state index contributed by atoms with van der Waals surface area (Å²) in [5.74, 6) is -0.786. The first-order valence-corrected chi connectivity index (χ1v) is 9.17. The molecule has 2 atom stereocenters. The Kier molecular flexibility index (Phi) is 5.46. The number of hydrogen-bond acceptors (Lipinski definition) is 4. The van der Waals surface area contributed by atoms with Gasteiger partial charge in [0.1, 0.15) is 17.9 Å². The van der Waals surface area contributed by atoms with E-state index in [1.807, 2.05) is 7.05 Å². The van der Waals surface area contributed by atoms with Gasteiger partial charge in [-0.25, -0.2) is 9.18 Å². The fourth-order valence-electron chi connectivity index (χ4n) is 3.80. The van der Waals surface area contributed by atoms with Gasteiger partial charge < -0.3 is 15.5 Å². The summed E-state index contributed by atoms with van der Waals surface area (Å²) in [6.45, 7) is 3.37. The van der Waals surface area contributed by atoms with Gasteiger partial charge in [0, 0.05) is 13.1 Å². The lowest BCUT2D eigenvalue weighted by atomic mass is 9.92. The van der Waals surface area contributed by atoms with Gasteiger partial charge in [0.15, 0.2) is 0 Å². The summed E-state index contributed by atoms with van der Waals surface area (Å²) in [4.78, 5) is 40.6. The van der Waals surface area contributed by atoms with Gasteiger partial charge in [-0.2, -0.15) is 0 Å². The number of carbonyl (C=O) groups excluding carboxylic acids is 3. The van der Waals surface area contributed by atoms with E-state index in [-0.39, 0.29) is 12.5 Å². The number of carbonyl (C=O) groups is 3. The number of nitrogens with zero attached hydrogens (tertiary/aromatic N) is 2. The predicted molar refractivity (Wildman–Crippen MR) is 97.2 cm³/mol. The standard InChI is InChI=1S/C19H25FN4O3/c1-19(14-5-7-15(20)8-6-14)17(26)24(18(27)22-19)12-16(25)23-9-3-4-13(11-23)10-21-2/h5-8,13,21H,3-4,9-12H2,1-2H3,(H,22,27). The number of piperidine rings is 1. The third-order valence-electron chi connectivity index (χ3n) is 5.35. The quantitative estimate of drug-likeness (QED) is 0.753. The summed E-state index contributed by atoms with van der Waals surface area (Å²) in [6, 6.07) is 4.80. The number of nitrogens with one attached hydrogen (secondary N) is 2. The van der Waals surface area contributed by atoms with E-state index in [9.17, 15) is 18.8 Å². The highest BCUT2D eigenvalue weighted by atomic mass is 19.1. The number of rotatable bonds is 5. The normalized spacial score (nSPS) is 25.7. The van der Waals surface area contributed by atoms with Crippen LogP contribution in [-0.4, -0.2) is 60.9 Å². The van der Waals surface area contributed by atoms with Crippen LogP contribution in [0.5, 0.6) is 0 Å². The fourth-order valence-corrected chi connectivity index (χ4v) is 3.80. The zero-order chi connectivity index (χ0) is 19.6. The topological polar surface area (TPSA) is 81.8 Å². The molecule has 0 spiro atoms. The van der Waals surface area contributed by atoms with Crippen molar-refractivity contribution in [3.8, 4) is 0 Å². The monoisotopic (exact) mass is 376 g/mol. The van der Waals surface area contributed by atoms with Crippen molar-refractivity contribution < 1.29 is 18.8 Å². The van der Waals surface area contributed by atoms with Gasteiger partial charge in [-0.1, -0.05) is 12.1 Å². The summed E-state index contributed by atoms with van der Waals surface area (Å²) in [6.07, 6.45) is 1.96. The second-order valence-electron chi connectivity index (χ2n) is 7.36. The van der Waals surface area contributed by atoms with Gasteiger partial charge in [0.05, 0.1) is 0 Å². The summed E-state index contributed by atoms with van der Waals surface area (Å²) < 4.78 is 13.2. The molecule has 27 heavy (non-hydrogen) atoms. The Morgan fingerprint density at radius 1 is 1.33 bits per heavy atom. The van der Waals surface area contributed by atoms with Crippen LogP contribution in [0, 0.1) is 11.7 Å². The largest absolute Gasteiger partial charge is 0.341 e. The Balaban J connectivity index is 1.70. The van der Waals surface area contributed by atoms with Crippen molar-refractivity contribution in [2.75, 3.05) is 33.2 Å². The number of amides is 4. The maximum Gasteiger partial charge on any atom is 0.325 e. The smallest absolute Gasteiger partial charge is 0.325 e. The minimum atomic E-state index is -1.30. The van der Waals surface area contributed by atoms with Crippen LogP contribution in [0.4, 0.5) is 9.18 Å². The van der Waals surface area contributed by atoms with Crippen LogP contribution in [0.1, 0.15) is 25.3 Å².